The van der Waals surface area contributed by atoms with Crippen LogP contribution in [0.5, 0.6) is 11.5 Å². The summed E-state index contributed by atoms with van der Waals surface area (Å²) in [6.45, 7) is 8.57. The van der Waals surface area contributed by atoms with Gasteiger partial charge in [0.15, 0.2) is 11.5 Å². The zero-order valence-electron chi connectivity index (χ0n) is 12.0. The van der Waals surface area contributed by atoms with Gasteiger partial charge in [-0.05, 0) is 57.5 Å². The van der Waals surface area contributed by atoms with Gasteiger partial charge in [-0.1, -0.05) is 13.0 Å². The molecule has 0 aromatic heterocycles. The molecule has 0 amide bonds. The first-order valence-corrected chi connectivity index (χ1v) is 6.74. The molecule has 0 fully saturated rings. The van der Waals surface area contributed by atoms with Gasteiger partial charge in [0, 0.05) is 0 Å². The van der Waals surface area contributed by atoms with Gasteiger partial charge in [0.25, 0.3) is 0 Å². The maximum atomic E-state index is 5.63. The zero-order valence-corrected chi connectivity index (χ0v) is 12.0. The van der Waals surface area contributed by atoms with Gasteiger partial charge in [-0.2, -0.15) is 0 Å². The van der Waals surface area contributed by atoms with Gasteiger partial charge in [-0.3, -0.25) is 0 Å². The van der Waals surface area contributed by atoms with Crippen molar-refractivity contribution in [3.63, 3.8) is 0 Å². The van der Waals surface area contributed by atoms with E-state index in [1.54, 1.807) is 0 Å². The second-order valence-electron chi connectivity index (χ2n) is 4.51. The SMILES string of the molecule is CCOc1ccc(CC(C)CNC)cc1OCC. The fraction of sp³-hybridized carbons (Fsp3) is 0.600. The third-order valence-corrected chi connectivity index (χ3v) is 2.74. The number of nitrogens with one attached hydrogen (secondary N) is 1. The normalized spacial score (nSPS) is 12.2. The Balaban J connectivity index is 2.78. The maximum Gasteiger partial charge on any atom is 0.161 e. The van der Waals surface area contributed by atoms with Gasteiger partial charge >= 0.3 is 0 Å². The Morgan fingerprint density at radius 2 is 1.78 bits per heavy atom. The monoisotopic (exact) mass is 251 g/mol. The summed E-state index contributed by atoms with van der Waals surface area (Å²) in [6.07, 6.45) is 1.05. The molecule has 0 bridgehead atoms. The minimum Gasteiger partial charge on any atom is -0.490 e. The molecular formula is C15H25NO2. The van der Waals surface area contributed by atoms with Crippen molar-refractivity contribution in [1.82, 2.24) is 5.32 Å². The van der Waals surface area contributed by atoms with Crippen LogP contribution in [-0.2, 0) is 6.42 Å². The van der Waals surface area contributed by atoms with Crippen LogP contribution in [0.25, 0.3) is 0 Å². The minimum absolute atomic E-state index is 0.613. The molecule has 3 nitrogen and oxygen atoms in total. The predicted molar refractivity (Wildman–Crippen MR) is 75.6 cm³/mol. The van der Waals surface area contributed by atoms with Crippen molar-refractivity contribution >= 4 is 0 Å². The third kappa shape index (κ3) is 4.57. The van der Waals surface area contributed by atoms with Gasteiger partial charge in [0.1, 0.15) is 0 Å². The molecule has 0 aliphatic rings. The third-order valence-electron chi connectivity index (χ3n) is 2.74. The van der Waals surface area contributed by atoms with Crippen LogP contribution in [0.3, 0.4) is 0 Å². The summed E-state index contributed by atoms with van der Waals surface area (Å²) in [5.41, 5.74) is 1.30. The molecule has 1 aromatic carbocycles. The van der Waals surface area contributed by atoms with E-state index in [1.165, 1.54) is 5.56 Å². The first-order valence-electron chi connectivity index (χ1n) is 6.74. The summed E-state index contributed by atoms with van der Waals surface area (Å²) < 4.78 is 11.2. The van der Waals surface area contributed by atoms with E-state index in [-0.39, 0.29) is 0 Å². The molecule has 18 heavy (non-hydrogen) atoms. The van der Waals surface area contributed by atoms with E-state index in [0.29, 0.717) is 19.1 Å². The Labute approximate surface area is 110 Å². The van der Waals surface area contributed by atoms with Crippen molar-refractivity contribution in [1.29, 1.82) is 0 Å². The van der Waals surface area contributed by atoms with E-state index in [9.17, 15) is 0 Å². The molecule has 0 aliphatic heterocycles. The molecular weight excluding hydrogens is 226 g/mol. The van der Waals surface area contributed by atoms with Gasteiger partial charge in [-0.15, -0.1) is 0 Å². The van der Waals surface area contributed by atoms with Crippen LogP contribution >= 0.6 is 0 Å². The Hall–Kier alpha value is -1.22. The molecule has 1 rings (SSSR count). The van der Waals surface area contributed by atoms with Crippen LogP contribution in [0.4, 0.5) is 0 Å². The van der Waals surface area contributed by atoms with Crippen LogP contribution in [0.15, 0.2) is 18.2 Å². The van der Waals surface area contributed by atoms with Crippen LogP contribution < -0.4 is 14.8 Å². The highest BCUT2D eigenvalue weighted by molar-refractivity contribution is 5.43. The van der Waals surface area contributed by atoms with E-state index >= 15 is 0 Å². The minimum atomic E-state index is 0.613. The molecule has 1 aromatic rings. The predicted octanol–water partition coefficient (Wildman–Crippen LogP) is 2.88. The highest BCUT2D eigenvalue weighted by Gasteiger charge is 2.08. The van der Waals surface area contributed by atoms with E-state index in [1.807, 2.05) is 27.0 Å². The van der Waals surface area contributed by atoms with Gasteiger partial charge in [0.05, 0.1) is 13.2 Å². The molecule has 1 atom stereocenters. The van der Waals surface area contributed by atoms with Crippen LogP contribution in [-0.4, -0.2) is 26.8 Å². The summed E-state index contributed by atoms with van der Waals surface area (Å²) in [7, 11) is 1.99. The van der Waals surface area contributed by atoms with Crippen molar-refractivity contribution in [3.8, 4) is 11.5 Å². The first-order chi connectivity index (χ1) is 8.71. The molecule has 1 N–H and O–H groups in total. The summed E-state index contributed by atoms with van der Waals surface area (Å²) >= 11 is 0. The van der Waals surface area contributed by atoms with Crippen LogP contribution in [0.2, 0.25) is 0 Å². The molecule has 0 saturated heterocycles. The van der Waals surface area contributed by atoms with Gasteiger partial charge in [0.2, 0.25) is 0 Å². The average Bonchev–Trinajstić information content (AvgIpc) is 2.33. The lowest BCUT2D eigenvalue weighted by atomic mass is 10.0. The highest BCUT2D eigenvalue weighted by Crippen LogP contribution is 2.29. The van der Waals surface area contributed by atoms with Gasteiger partial charge < -0.3 is 14.8 Å². The molecule has 3 heteroatoms. The number of rotatable bonds is 8. The summed E-state index contributed by atoms with van der Waals surface area (Å²) in [6, 6.07) is 6.23. The standard InChI is InChI=1S/C15H25NO2/c1-5-17-14-8-7-13(9-12(3)11-16-4)10-15(14)18-6-2/h7-8,10,12,16H,5-6,9,11H2,1-4H3. The van der Waals surface area contributed by atoms with Crippen molar-refractivity contribution in [2.45, 2.75) is 27.2 Å². The zero-order chi connectivity index (χ0) is 13.4. The smallest absolute Gasteiger partial charge is 0.161 e. The number of benzene rings is 1. The van der Waals surface area contributed by atoms with E-state index in [0.717, 1.165) is 24.5 Å². The topological polar surface area (TPSA) is 30.5 Å². The highest BCUT2D eigenvalue weighted by atomic mass is 16.5. The van der Waals surface area contributed by atoms with Gasteiger partial charge in [-0.25, -0.2) is 0 Å². The number of ether oxygens (including phenoxy) is 2. The lowest BCUT2D eigenvalue weighted by molar-refractivity contribution is 0.287. The first kappa shape index (κ1) is 14.8. The molecule has 0 heterocycles. The fourth-order valence-electron chi connectivity index (χ4n) is 2.05. The van der Waals surface area contributed by atoms with Crippen molar-refractivity contribution < 1.29 is 9.47 Å². The molecule has 1 unspecified atom stereocenters. The molecule has 102 valence electrons. The summed E-state index contributed by atoms with van der Waals surface area (Å²) in [5.74, 6) is 2.31. The molecule has 0 radical (unpaired) electrons. The Bertz CT molecular complexity index is 352. The Morgan fingerprint density at radius 3 is 2.39 bits per heavy atom. The quantitative estimate of drug-likeness (QED) is 0.770. The van der Waals surface area contributed by atoms with Crippen LogP contribution in [0, 0.1) is 5.92 Å². The van der Waals surface area contributed by atoms with Crippen molar-refractivity contribution in [2.75, 3.05) is 26.8 Å². The molecule has 0 spiro atoms. The lowest BCUT2D eigenvalue weighted by Crippen LogP contribution is -2.18. The molecule has 0 aliphatic carbocycles. The maximum absolute atomic E-state index is 5.63. The van der Waals surface area contributed by atoms with Crippen LogP contribution in [0.1, 0.15) is 26.3 Å². The second kappa shape index (κ2) is 7.98. The fourth-order valence-corrected chi connectivity index (χ4v) is 2.05. The molecule has 0 saturated carbocycles. The average molecular weight is 251 g/mol. The van der Waals surface area contributed by atoms with E-state index in [4.69, 9.17) is 9.47 Å². The lowest BCUT2D eigenvalue weighted by Gasteiger charge is -2.14. The van der Waals surface area contributed by atoms with Crippen molar-refractivity contribution in [2.24, 2.45) is 5.92 Å². The number of hydrogen-bond donors (Lipinski definition) is 1. The largest absolute Gasteiger partial charge is 0.490 e. The summed E-state index contributed by atoms with van der Waals surface area (Å²) in [5, 5.41) is 3.20. The van der Waals surface area contributed by atoms with Crippen molar-refractivity contribution in [3.05, 3.63) is 23.8 Å². The number of hydrogen-bond acceptors (Lipinski definition) is 3. The Morgan fingerprint density at radius 1 is 1.11 bits per heavy atom. The second-order valence-corrected chi connectivity index (χ2v) is 4.51. The Kier molecular flexibility index (Phi) is 6.58. The summed E-state index contributed by atoms with van der Waals surface area (Å²) in [4.78, 5) is 0. The van der Waals surface area contributed by atoms with E-state index < -0.39 is 0 Å². The van der Waals surface area contributed by atoms with E-state index in [2.05, 4.69) is 24.4 Å².